The van der Waals surface area contributed by atoms with Crippen molar-refractivity contribution in [2.75, 3.05) is 19.3 Å². The molecule has 0 bridgehead atoms. The average molecular weight is 256 g/mol. The number of piperidine rings is 1. The number of amides is 2. The molecule has 1 N–H and O–H groups in total. The van der Waals surface area contributed by atoms with Crippen LogP contribution in [0.5, 0.6) is 0 Å². The van der Waals surface area contributed by atoms with E-state index in [0.29, 0.717) is 6.04 Å². The average Bonchev–Trinajstić information content (AvgIpc) is 2.40. The minimum Gasteiger partial charge on any atom is -0.335 e. The summed E-state index contributed by atoms with van der Waals surface area (Å²) >= 11 is 1.97. The van der Waals surface area contributed by atoms with E-state index in [1.807, 2.05) is 16.7 Å². The van der Waals surface area contributed by atoms with E-state index >= 15 is 0 Å². The predicted octanol–water partition coefficient (Wildman–Crippen LogP) is 2.86. The highest BCUT2D eigenvalue weighted by Gasteiger charge is 2.24. The van der Waals surface area contributed by atoms with Gasteiger partial charge in [-0.05, 0) is 51.2 Å². The zero-order valence-corrected chi connectivity index (χ0v) is 11.6. The largest absolute Gasteiger partial charge is 0.335 e. The third-order valence-electron chi connectivity index (χ3n) is 3.98. The zero-order valence-electron chi connectivity index (χ0n) is 10.8. The van der Waals surface area contributed by atoms with Gasteiger partial charge >= 0.3 is 6.03 Å². The van der Waals surface area contributed by atoms with Gasteiger partial charge in [-0.15, -0.1) is 0 Å². The van der Waals surface area contributed by atoms with Crippen LogP contribution in [0.3, 0.4) is 0 Å². The lowest BCUT2D eigenvalue weighted by Crippen LogP contribution is -2.47. The molecule has 17 heavy (non-hydrogen) atoms. The number of hydrogen-bond acceptors (Lipinski definition) is 2. The first-order chi connectivity index (χ1) is 8.29. The first-order valence-corrected chi connectivity index (χ1v) is 8.16. The number of urea groups is 1. The van der Waals surface area contributed by atoms with Crippen molar-refractivity contribution < 1.29 is 4.79 Å². The molecule has 1 aliphatic heterocycles. The van der Waals surface area contributed by atoms with E-state index in [4.69, 9.17) is 0 Å². The third kappa shape index (κ3) is 3.80. The highest BCUT2D eigenvalue weighted by Crippen LogP contribution is 2.26. The predicted molar refractivity (Wildman–Crippen MR) is 73.5 cm³/mol. The maximum atomic E-state index is 12.0. The number of nitrogens with zero attached hydrogens (tertiary/aromatic N) is 1. The van der Waals surface area contributed by atoms with E-state index in [2.05, 4.69) is 11.6 Å². The Bertz CT molecular complexity index is 246. The molecule has 0 radical (unpaired) electrons. The Balaban J connectivity index is 1.71. The molecule has 1 aliphatic carbocycles. The van der Waals surface area contributed by atoms with Gasteiger partial charge < -0.3 is 10.2 Å². The lowest BCUT2D eigenvalue weighted by Gasteiger charge is -2.32. The lowest BCUT2D eigenvalue weighted by molar-refractivity contribution is 0.179. The van der Waals surface area contributed by atoms with Crippen LogP contribution in [0.1, 0.15) is 44.9 Å². The van der Waals surface area contributed by atoms with E-state index in [9.17, 15) is 4.79 Å². The van der Waals surface area contributed by atoms with Gasteiger partial charge in [0.15, 0.2) is 0 Å². The molecule has 1 saturated carbocycles. The summed E-state index contributed by atoms with van der Waals surface area (Å²) in [4.78, 5) is 14.0. The van der Waals surface area contributed by atoms with Crippen LogP contribution in [-0.4, -0.2) is 41.6 Å². The number of thioether (sulfide) groups is 1. The minimum absolute atomic E-state index is 0.178. The third-order valence-corrected chi connectivity index (χ3v) is 5.12. The highest BCUT2D eigenvalue weighted by atomic mass is 32.2. The number of rotatable bonds is 2. The quantitative estimate of drug-likeness (QED) is 0.824. The Labute approximate surface area is 109 Å². The van der Waals surface area contributed by atoms with Crippen molar-refractivity contribution in [3.63, 3.8) is 0 Å². The van der Waals surface area contributed by atoms with Gasteiger partial charge in [0, 0.05) is 24.4 Å². The fraction of sp³-hybridized carbons (Fsp3) is 0.923. The van der Waals surface area contributed by atoms with Crippen LogP contribution in [0.25, 0.3) is 0 Å². The number of hydrogen-bond donors (Lipinski definition) is 1. The molecule has 0 aromatic rings. The smallest absolute Gasteiger partial charge is 0.317 e. The molecule has 98 valence electrons. The zero-order chi connectivity index (χ0) is 12.1. The van der Waals surface area contributed by atoms with Crippen LogP contribution in [0.2, 0.25) is 0 Å². The van der Waals surface area contributed by atoms with Crippen molar-refractivity contribution in [2.24, 2.45) is 0 Å². The summed E-state index contributed by atoms with van der Waals surface area (Å²) in [6.07, 6.45) is 10.6. The maximum Gasteiger partial charge on any atom is 0.317 e. The maximum absolute atomic E-state index is 12.0. The number of carbonyl (C=O) groups excluding carboxylic acids is 1. The first-order valence-electron chi connectivity index (χ1n) is 6.88. The van der Waals surface area contributed by atoms with Crippen molar-refractivity contribution in [3.8, 4) is 0 Å². The van der Waals surface area contributed by atoms with Gasteiger partial charge in [-0.1, -0.05) is 0 Å². The van der Waals surface area contributed by atoms with Crippen molar-refractivity contribution in [3.05, 3.63) is 0 Å². The molecular weight excluding hydrogens is 232 g/mol. The Morgan fingerprint density at radius 1 is 1.12 bits per heavy atom. The molecule has 0 aromatic carbocycles. The molecular formula is C13H24N2OS. The minimum atomic E-state index is 0.178. The second kappa shape index (κ2) is 6.53. The Kier molecular flexibility index (Phi) is 5.01. The first kappa shape index (κ1) is 13.1. The summed E-state index contributed by atoms with van der Waals surface area (Å²) in [6, 6.07) is 0.602. The van der Waals surface area contributed by atoms with Crippen LogP contribution < -0.4 is 5.32 Å². The number of likely N-dealkylation sites (tertiary alicyclic amines) is 1. The second-order valence-corrected chi connectivity index (χ2v) is 6.34. The summed E-state index contributed by atoms with van der Waals surface area (Å²) < 4.78 is 0. The van der Waals surface area contributed by atoms with Crippen LogP contribution in [-0.2, 0) is 0 Å². The Hall–Kier alpha value is -0.380. The van der Waals surface area contributed by atoms with Gasteiger partial charge in [0.25, 0.3) is 0 Å². The van der Waals surface area contributed by atoms with E-state index in [-0.39, 0.29) is 6.03 Å². The summed E-state index contributed by atoms with van der Waals surface area (Å²) in [5.74, 6) is 0. The summed E-state index contributed by atoms with van der Waals surface area (Å²) in [6.45, 7) is 1.90. The van der Waals surface area contributed by atoms with E-state index in [1.165, 1.54) is 32.1 Å². The molecule has 0 spiro atoms. The van der Waals surface area contributed by atoms with Gasteiger partial charge in [-0.3, -0.25) is 0 Å². The molecule has 4 heteroatoms. The van der Waals surface area contributed by atoms with E-state index in [0.717, 1.165) is 31.2 Å². The second-order valence-electron chi connectivity index (χ2n) is 5.21. The van der Waals surface area contributed by atoms with Crippen LogP contribution in [0.4, 0.5) is 4.79 Å². The Morgan fingerprint density at radius 3 is 2.35 bits per heavy atom. The molecule has 0 unspecified atom stereocenters. The van der Waals surface area contributed by atoms with E-state index < -0.39 is 0 Å². The topological polar surface area (TPSA) is 32.3 Å². The molecule has 1 heterocycles. The van der Waals surface area contributed by atoms with Gasteiger partial charge in [-0.2, -0.15) is 11.8 Å². The monoisotopic (exact) mass is 256 g/mol. The van der Waals surface area contributed by atoms with Crippen molar-refractivity contribution in [1.29, 1.82) is 0 Å². The van der Waals surface area contributed by atoms with Gasteiger partial charge in [0.05, 0.1) is 0 Å². The Morgan fingerprint density at radius 2 is 1.76 bits per heavy atom. The molecule has 0 aromatic heterocycles. The van der Waals surface area contributed by atoms with Gasteiger partial charge in [-0.25, -0.2) is 4.79 Å². The van der Waals surface area contributed by atoms with E-state index in [1.54, 1.807) is 0 Å². The molecule has 3 nitrogen and oxygen atoms in total. The van der Waals surface area contributed by atoms with Crippen molar-refractivity contribution in [1.82, 2.24) is 10.2 Å². The summed E-state index contributed by atoms with van der Waals surface area (Å²) in [5, 5.41) is 4.03. The van der Waals surface area contributed by atoms with Crippen LogP contribution in [0, 0.1) is 0 Å². The standard InChI is InChI=1S/C13H24N2OS/c1-17-12-7-5-11(6-8-12)14-13(16)15-9-3-2-4-10-15/h11-12H,2-10H2,1H3,(H,14,16). The fourth-order valence-corrected chi connectivity index (χ4v) is 3.55. The number of carbonyl (C=O) groups is 1. The van der Waals surface area contributed by atoms with Crippen LogP contribution in [0.15, 0.2) is 0 Å². The molecule has 0 atom stereocenters. The van der Waals surface area contributed by atoms with Crippen molar-refractivity contribution in [2.45, 2.75) is 56.2 Å². The number of nitrogens with one attached hydrogen (secondary N) is 1. The molecule has 2 amide bonds. The molecule has 2 aliphatic rings. The van der Waals surface area contributed by atoms with Crippen LogP contribution >= 0.6 is 11.8 Å². The highest BCUT2D eigenvalue weighted by molar-refractivity contribution is 7.99. The summed E-state index contributed by atoms with van der Waals surface area (Å²) in [5.41, 5.74) is 0. The lowest BCUT2D eigenvalue weighted by atomic mass is 9.95. The van der Waals surface area contributed by atoms with Crippen molar-refractivity contribution >= 4 is 17.8 Å². The normalized spacial score (nSPS) is 30.1. The molecule has 1 saturated heterocycles. The summed E-state index contributed by atoms with van der Waals surface area (Å²) in [7, 11) is 0. The van der Waals surface area contributed by atoms with Gasteiger partial charge in [0.1, 0.15) is 0 Å². The van der Waals surface area contributed by atoms with Gasteiger partial charge in [0.2, 0.25) is 0 Å². The molecule has 2 fully saturated rings. The SMILES string of the molecule is CSC1CCC(NC(=O)N2CCCCC2)CC1. The molecule has 2 rings (SSSR count). The fourth-order valence-electron chi connectivity index (χ4n) is 2.81.